The molecule has 1 unspecified atom stereocenters. The van der Waals surface area contributed by atoms with Crippen molar-refractivity contribution in [1.82, 2.24) is 4.98 Å². The van der Waals surface area contributed by atoms with E-state index in [0.29, 0.717) is 22.2 Å². The summed E-state index contributed by atoms with van der Waals surface area (Å²) in [6.07, 6.45) is 5.85. The highest BCUT2D eigenvalue weighted by Crippen LogP contribution is 2.24. The maximum Gasteiger partial charge on any atom is 0.257 e. The summed E-state index contributed by atoms with van der Waals surface area (Å²) in [7, 11) is 0. The predicted octanol–water partition coefficient (Wildman–Crippen LogP) is 4.22. The molecule has 1 fully saturated rings. The number of amides is 1. The van der Waals surface area contributed by atoms with Gasteiger partial charge in [0.25, 0.3) is 5.91 Å². The van der Waals surface area contributed by atoms with Gasteiger partial charge in [-0.25, -0.2) is 0 Å². The number of rotatable bonds is 3. The molecule has 120 valence electrons. The van der Waals surface area contributed by atoms with E-state index in [9.17, 15) is 4.79 Å². The molecule has 1 amide bonds. The third-order valence-electron chi connectivity index (χ3n) is 4.13. The highest BCUT2D eigenvalue weighted by atomic mass is 35.5. The molecule has 1 aliphatic rings. The Bertz CT molecular complexity index is 704. The average molecular weight is 330 g/mol. The Morgan fingerprint density at radius 1 is 1.35 bits per heavy atom. The Labute approximate surface area is 141 Å². The van der Waals surface area contributed by atoms with E-state index in [0.717, 1.165) is 18.8 Å². The summed E-state index contributed by atoms with van der Waals surface area (Å²) < 4.78 is 0. The summed E-state index contributed by atoms with van der Waals surface area (Å²) in [6, 6.07) is 9.10. The third kappa shape index (κ3) is 3.82. The van der Waals surface area contributed by atoms with Crippen LogP contribution in [0, 0.1) is 5.92 Å². The van der Waals surface area contributed by atoms with Crippen LogP contribution < -0.4 is 10.2 Å². The summed E-state index contributed by atoms with van der Waals surface area (Å²) in [6.45, 7) is 4.28. The molecule has 1 aromatic carbocycles. The van der Waals surface area contributed by atoms with Crippen LogP contribution in [0.4, 0.5) is 11.4 Å². The van der Waals surface area contributed by atoms with Crippen molar-refractivity contribution < 1.29 is 4.79 Å². The van der Waals surface area contributed by atoms with Crippen molar-refractivity contribution in [2.24, 2.45) is 5.92 Å². The number of piperidine rings is 1. The highest BCUT2D eigenvalue weighted by molar-refractivity contribution is 6.33. The van der Waals surface area contributed by atoms with Crippen molar-refractivity contribution in [2.45, 2.75) is 19.8 Å². The van der Waals surface area contributed by atoms with E-state index in [1.54, 1.807) is 18.3 Å². The van der Waals surface area contributed by atoms with Gasteiger partial charge < -0.3 is 10.2 Å². The monoisotopic (exact) mass is 329 g/mol. The Morgan fingerprint density at radius 2 is 2.17 bits per heavy atom. The van der Waals surface area contributed by atoms with E-state index >= 15 is 0 Å². The predicted molar refractivity (Wildman–Crippen MR) is 94.3 cm³/mol. The smallest absolute Gasteiger partial charge is 0.257 e. The molecule has 1 atom stereocenters. The topological polar surface area (TPSA) is 45.2 Å². The minimum absolute atomic E-state index is 0.197. The number of hydrogen-bond acceptors (Lipinski definition) is 3. The SMILES string of the molecule is CC1CCCN(c2cncc(C(=O)Nc3ccccc3Cl)c2)C1. The van der Waals surface area contributed by atoms with Gasteiger partial charge in [0.15, 0.2) is 0 Å². The molecule has 0 saturated carbocycles. The van der Waals surface area contributed by atoms with E-state index in [-0.39, 0.29) is 5.91 Å². The molecule has 0 radical (unpaired) electrons. The van der Waals surface area contributed by atoms with E-state index in [2.05, 4.69) is 22.1 Å². The van der Waals surface area contributed by atoms with Gasteiger partial charge in [0.05, 0.1) is 28.2 Å². The Hall–Kier alpha value is -2.07. The average Bonchev–Trinajstić information content (AvgIpc) is 2.57. The number of halogens is 1. The fourth-order valence-corrected chi connectivity index (χ4v) is 3.09. The lowest BCUT2D eigenvalue weighted by atomic mass is 10.00. The second-order valence-electron chi connectivity index (χ2n) is 6.06. The van der Waals surface area contributed by atoms with Gasteiger partial charge in [-0.05, 0) is 37.0 Å². The number of nitrogens with zero attached hydrogens (tertiary/aromatic N) is 2. The molecule has 2 heterocycles. The number of aromatic nitrogens is 1. The van der Waals surface area contributed by atoms with E-state index in [1.165, 1.54) is 12.8 Å². The van der Waals surface area contributed by atoms with Crippen molar-refractivity contribution in [2.75, 3.05) is 23.3 Å². The number of benzene rings is 1. The number of nitrogens with one attached hydrogen (secondary N) is 1. The molecule has 1 aromatic heterocycles. The van der Waals surface area contributed by atoms with Gasteiger partial charge >= 0.3 is 0 Å². The van der Waals surface area contributed by atoms with Crippen molar-refractivity contribution in [3.63, 3.8) is 0 Å². The summed E-state index contributed by atoms with van der Waals surface area (Å²) in [5.74, 6) is 0.474. The number of carbonyl (C=O) groups is 1. The van der Waals surface area contributed by atoms with Crippen molar-refractivity contribution in [1.29, 1.82) is 0 Å². The lowest BCUT2D eigenvalue weighted by Crippen LogP contribution is -2.34. The number of anilines is 2. The molecule has 1 aliphatic heterocycles. The minimum Gasteiger partial charge on any atom is -0.370 e. The van der Waals surface area contributed by atoms with Crippen LogP contribution in [0.25, 0.3) is 0 Å². The van der Waals surface area contributed by atoms with Crippen LogP contribution in [0.5, 0.6) is 0 Å². The van der Waals surface area contributed by atoms with Gasteiger partial charge in [-0.3, -0.25) is 9.78 Å². The van der Waals surface area contributed by atoms with Gasteiger partial charge in [-0.2, -0.15) is 0 Å². The van der Waals surface area contributed by atoms with Crippen LogP contribution in [-0.2, 0) is 0 Å². The molecular weight excluding hydrogens is 310 g/mol. The first-order valence-corrected chi connectivity index (χ1v) is 8.27. The number of pyridine rings is 1. The molecule has 0 spiro atoms. The maximum absolute atomic E-state index is 12.4. The number of para-hydroxylation sites is 1. The minimum atomic E-state index is -0.197. The zero-order chi connectivity index (χ0) is 16.2. The second-order valence-corrected chi connectivity index (χ2v) is 6.47. The summed E-state index contributed by atoms with van der Waals surface area (Å²) in [5.41, 5.74) is 2.15. The van der Waals surface area contributed by atoms with Crippen molar-refractivity contribution in [3.8, 4) is 0 Å². The first-order chi connectivity index (χ1) is 11.1. The van der Waals surface area contributed by atoms with E-state index in [1.807, 2.05) is 24.4 Å². The summed E-state index contributed by atoms with van der Waals surface area (Å²) in [5, 5.41) is 3.36. The summed E-state index contributed by atoms with van der Waals surface area (Å²) in [4.78, 5) is 19.0. The van der Waals surface area contributed by atoms with E-state index in [4.69, 9.17) is 11.6 Å². The first-order valence-electron chi connectivity index (χ1n) is 7.89. The molecule has 2 aromatic rings. The van der Waals surface area contributed by atoms with Gasteiger partial charge in [-0.1, -0.05) is 30.7 Å². The zero-order valence-electron chi connectivity index (χ0n) is 13.1. The first kappa shape index (κ1) is 15.8. The van der Waals surface area contributed by atoms with Crippen LogP contribution in [0.2, 0.25) is 5.02 Å². The molecule has 4 nitrogen and oxygen atoms in total. The lowest BCUT2D eigenvalue weighted by Gasteiger charge is -2.32. The fourth-order valence-electron chi connectivity index (χ4n) is 2.91. The highest BCUT2D eigenvalue weighted by Gasteiger charge is 2.18. The molecular formula is C18H20ClN3O. The van der Waals surface area contributed by atoms with Crippen LogP contribution in [0.15, 0.2) is 42.7 Å². The van der Waals surface area contributed by atoms with E-state index < -0.39 is 0 Å². The maximum atomic E-state index is 12.4. The standard InChI is InChI=1S/C18H20ClN3O/c1-13-5-4-8-22(12-13)15-9-14(10-20-11-15)18(23)21-17-7-3-2-6-16(17)19/h2-3,6-7,9-11,13H,4-5,8,12H2,1H3,(H,21,23). The van der Waals surface area contributed by atoms with Crippen LogP contribution in [0.3, 0.4) is 0 Å². The van der Waals surface area contributed by atoms with Crippen molar-refractivity contribution in [3.05, 3.63) is 53.3 Å². The van der Waals surface area contributed by atoms with Crippen LogP contribution in [-0.4, -0.2) is 24.0 Å². The molecule has 3 rings (SSSR count). The number of hydrogen-bond donors (Lipinski definition) is 1. The zero-order valence-corrected chi connectivity index (χ0v) is 13.9. The van der Waals surface area contributed by atoms with Gasteiger partial charge in [0, 0.05) is 19.3 Å². The molecule has 0 bridgehead atoms. The van der Waals surface area contributed by atoms with Gasteiger partial charge in [-0.15, -0.1) is 0 Å². The molecule has 5 heteroatoms. The molecule has 1 N–H and O–H groups in total. The molecule has 1 saturated heterocycles. The number of carbonyl (C=O) groups excluding carboxylic acids is 1. The van der Waals surface area contributed by atoms with Crippen LogP contribution in [0.1, 0.15) is 30.1 Å². The fraction of sp³-hybridized carbons (Fsp3) is 0.333. The van der Waals surface area contributed by atoms with Crippen molar-refractivity contribution >= 4 is 28.9 Å². The normalized spacial score (nSPS) is 17.8. The van der Waals surface area contributed by atoms with Gasteiger partial charge in [0.1, 0.15) is 0 Å². The Morgan fingerprint density at radius 3 is 2.96 bits per heavy atom. The largest absolute Gasteiger partial charge is 0.370 e. The lowest BCUT2D eigenvalue weighted by molar-refractivity contribution is 0.102. The Kier molecular flexibility index (Phi) is 4.82. The third-order valence-corrected chi connectivity index (χ3v) is 4.46. The van der Waals surface area contributed by atoms with Gasteiger partial charge in [0.2, 0.25) is 0 Å². The molecule has 23 heavy (non-hydrogen) atoms. The second kappa shape index (κ2) is 7.01. The Balaban J connectivity index is 1.76. The molecule has 0 aliphatic carbocycles. The van der Waals surface area contributed by atoms with Crippen LogP contribution >= 0.6 is 11.6 Å². The summed E-state index contributed by atoms with van der Waals surface area (Å²) >= 11 is 6.09. The quantitative estimate of drug-likeness (QED) is 0.916.